The van der Waals surface area contributed by atoms with Gasteiger partial charge in [0.1, 0.15) is 0 Å². The minimum absolute atomic E-state index is 1.10. The van der Waals surface area contributed by atoms with Crippen LogP contribution in [0, 0.1) is 0 Å². The molecule has 0 spiro atoms. The average Bonchev–Trinajstić information content (AvgIpc) is 2.56. The quantitative estimate of drug-likeness (QED) is 0.0676. The number of quaternary nitrogens is 1. The summed E-state index contributed by atoms with van der Waals surface area (Å²) < 4.78 is 60.4. The van der Waals surface area contributed by atoms with E-state index in [1.54, 1.807) is 0 Å². The van der Waals surface area contributed by atoms with Crippen LogP contribution in [0.5, 0.6) is 0 Å². The molecule has 0 saturated heterocycles. The Morgan fingerprint density at radius 3 is 1.24 bits per heavy atom. The second-order valence-electron chi connectivity index (χ2n) is 7.87. The van der Waals surface area contributed by atoms with E-state index in [4.69, 9.17) is 0 Å². The fourth-order valence-electron chi connectivity index (χ4n) is 3.35. The van der Waals surface area contributed by atoms with Crippen molar-refractivity contribution in [3.05, 3.63) is 25.3 Å². The van der Waals surface area contributed by atoms with Crippen molar-refractivity contribution in [2.75, 3.05) is 26.2 Å². The van der Waals surface area contributed by atoms with Crippen molar-refractivity contribution in [2.45, 2.75) is 84.5 Å². The fourth-order valence-corrected chi connectivity index (χ4v) is 3.35. The summed E-state index contributed by atoms with van der Waals surface area (Å²) in [5.74, 6) is 0. The maximum atomic E-state index is 9.87. The van der Waals surface area contributed by atoms with Gasteiger partial charge in [0.2, 0.25) is 0 Å². The molecule has 178 valence electrons. The monoisotopic (exact) mass is 453 g/mol. The molecule has 0 radical (unpaired) electrons. The van der Waals surface area contributed by atoms with E-state index in [9.17, 15) is 25.2 Å². The minimum atomic E-state index is -10.7. The summed E-state index contributed by atoms with van der Waals surface area (Å²) in [5.41, 5.74) is 0. The van der Waals surface area contributed by atoms with Gasteiger partial charge in [0.25, 0.3) is 0 Å². The van der Waals surface area contributed by atoms with Gasteiger partial charge in [-0.15, -0.1) is 0 Å². The summed E-state index contributed by atoms with van der Waals surface area (Å²) >= 11 is 0. The molecule has 0 aliphatic heterocycles. The van der Waals surface area contributed by atoms with E-state index >= 15 is 0 Å². The van der Waals surface area contributed by atoms with Gasteiger partial charge in [-0.1, -0.05) is 78.4 Å². The molecule has 0 aromatic carbocycles. The number of nitrogens with zero attached hydrogens (tertiary/aromatic N) is 1. The zero-order chi connectivity index (χ0) is 22.9. The third-order valence-corrected chi connectivity index (χ3v) is 4.75. The number of halogens is 6. The molecule has 0 atom stereocenters. The molecule has 0 unspecified atom stereocenters. The van der Waals surface area contributed by atoms with Crippen molar-refractivity contribution in [3.63, 3.8) is 0 Å². The molecule has 0 aromatic heterocycles. The molecule has 0 bridgehead atoms. The molecule has 0 aliphatic rings. The summed E-state index contributed by atoms with van der Waals surface area (Å²) in [4.78, 5) is 0. The van der Waals surface area contributed by atoms with Gasteiger partial charge in [-0.05, 0) is 31.4 Å². The van der Waals surface area contributed by atoms with Gasteiger partial charge >= 0.3 is 33.0 Å². The first kappa shape index (κ1) is 30.6. The van der Waals surface area contributed by atoms with Crippen LogP contribution < -0.4 is 0 Å². The van der Waals surface area contributed by atoms with Crippen LogP contribution >= 0.6 is 7.81 Å². The van der Waals surface area contributed by atoms with E-state index in [1.165, 1.54) is 88.2 Å². The van der Waals surface area contributed by atoms with Gasteiger partial charge in [-0.25, -0.2) is 0 Å². The summed E-state index contributed by atoms with van der Waals surface area (Å²) in [6.45, 7) is 17.3. The summed E-state index contributed by atoms with van der Waals surface area (Å²) in [7, 11) is -10.7. The average molecular weight is 454 g/mol. The Morgan fingerprint density at radius 1 is 0.586 bits per heavy atom. The van der Waals surface area contributed by atoms with Crippen LogP contribution in [0.2, 0.25) is 0 Å². The van der Waals surface area contributed by atoms with Crippen molar-refractivity contribution >= 4 is 7.81 Å². The Labute approximate surface area is 174 Å². The second kappa shape index (κ2) is 13.7. The predicted octanol–water partition coefficient (Wildman–Crippen LogP) is 9.89. The number of rotatable bonds is 17. The Morgan fingerprint density at radius 2 is 0.897 bits per heavy atom. The number of hydrogen-bond acceptors (Lipinski definition) is 0. The number of unbranched alkanes of at least 4 members (excludes halogenated alkanes) is 9. The van der Waals surface area contributed by atoms with Crippen molar-refractivity contribution in [1.29, 1.82) is 0 Å². The van der Waals surface area contributed by atoms with Gasteiger partial charge in [0, 0.05) is 0 Å². The SMILES string of the molecule is C=CC[N+](CC=C)(CCCC)CCCCCCCCCCC.F[P-](F)(F)(F)(F)F. The first-order valence-corrected chi connectivity index (χ1v) is 12.9. The van der Waals surface area contributed by atoms with Crippen molar-refractivity contribution < 1.29 is 29.7 Å². The van der Waals surface area contributed by atoms with E-state index < -0.39 is 7.81 Å². The molecule has 0 aromatic rings. The predicted molar refractivity (Wildman–Crippen MR) is 116 cm³/mol. The van der Waals surface area contributed by atoms with Gasteiger partial charge in [-0.3, -0.25) is 0 Å². The molecule has 0 saturated carbocycles. The van der Waals surface area contributed by atoms with Gasteiger partial charge in [-0.2, -0.15) is 0 Å². The molecule has 1 nitrogen and oxygen atoms in total. The maximum absolute atomic E-state index is 10.7. The Kier molecular flexibility index (Phi) is 14.5. The van der Waals surface area contributed by atoms with Crippen LogP contribution in [0.3, 0.4) is 0 Å². The molecule has 0 rings (SSSR count). The Hall–Kier alpha value is -0.550. The van der Waals surface area contributed by atoms with Crippen molar-refractivity contribution in [3.8, 4) is 0 Å². The zero-order valence-corrected chi connectivity index (χ0v) is 19.2. The third-order valence-electron chi connectivity index (χ3n) is 4.75. The topological polar surface area (TPSA) is 0 Å². The molecular formula is C21H42F6NP. The Bertz CT molecular complexity index is 411. The molecule has 0 N–H and O–H groups in total. The first-order chi connectivity index (χ1) is 13.2. The van der Waals surface area contributed by atoms with Gasteiger partial charge < -0.3 is 4.48 Å². The summed E-state index contributed by atoms with van der Waals surface area (Å²) in [6, 6.07) is 0. The van der Waals surface area contributed by atoms with Crippen LogP contribution in [0.4, 0.5) is 25.2 Å². The molecule has 8 heteroatoms. The molecule has 0 fully saturated rings. The normalized spacial score (nSPS) is 14.3. The van der Waals surface area contributed by atoms with Gasteiger partial charge in [0.15, 0.2) is 0 Å². The molecule has 0 amide bonds. The first-order valence-electron chi connectivity index (χ1n) is 10.8. The van der Waals surface area contributed by atoms with E-state index in [0.29, 0.717) is 0 Å². The zero-order valence-electron chi connectivity index (χ0n) is 18.3. The number of hydrogen-bond donors (Lipinski definition) is 0. The van der Waals surface area contributed by atoms with E-state index in [0.717, 1.165) is 13.1 Å². The standard InChI is InChI=1S/C21H42N.F6P/c1-5-9-11-12-13-14-15-16-17-21-22(18-7-3,19-8-4)20-10-6-2;1-7(2,3,4,5)6/h7-8H,3-6,9-21H2,1-2H3;/q+1;-1. The van der Waals surface area contributed by atoms with E-state index in [2.05, 4.69) is 39.2 Å². The van der Waals surface area contributed by atoms with Crippen molar-refractivity contribution in [1.82, 2.24) is 0 Å². The van der Waals surface area contributed by atoms with Crippen molar-refractivity contribution in [2.24, 2.45) is 0 Å². The molecule has 0 aliphatic carbocycles. The molecule has 29 heavy (non-hydrogen) atoms. The molecule has 0 heterocycles. The van der Waals surface area contributed by atoms with Crippen LogP contribution in [0.1, 0.15) is 84.5 Å². The van der Waals surface area contributed by atoms with E-state index in [-0.39, 0.29) is 0 Å². The second-order valence-corrected chi connectivity index (χ2v) is 9.79. The van der Waals surface area contributed by atoms with Crippen LogP contribution in [0.15, 0.2) is 25.3 Å². The van der Waals surface area contributed by atoms with Crippen LogP contribution in [-0.4, -0.2) is 30.7 Å². The summed E-state index contributed by atoms with van der Waals surface area (Å²) in [6.07, 6.45) is 19.5. The third kappa shape index (κ3) is 29.7. The van der Waals surface area contributed by atoms with Crippen LogP contribution in [-0.2, 0) is 0 Å². The van der Waals surface area contributed by atoms with E-state index in [1.807, 2.05) is 0 Å². The summed E-state index contributed by atoms with van der Waals surface area (Å²) in [5, 5.41) is 0. The Balaban J connectivity index is 0. The fraction of sp³-hybridized carbons (Fsp3) is 0.810. The van der Waals surface area contributed by atoms with Gasteiger partial charge in [0.05, 0.1) is 26.2 Å². The van der Waals surface area contributed by atoms with Crippen LogP contribution in [0.25, 0.3) is 0 Å². The molecular weight excluding hydrogens is 411 g/mol.